The third kappa shape index (κ3) is 2.07. The van der Waals surface area contributed by atoms with Crippen LogP contribution in [-0.2, 0) is 9.53 Å². The van der Waals surface area contributed by atoms with Crippen LogP contribution in [0.3, 0.4) is 0 Å². The van der Waals surface area contributed by atoms with Crippen molar-refractivity contribution >= 4 is 17.2 Å². The number of anilines is 2. The second kappa shape index (κ2) is 4.92. The van der Waals surface area contributed by atoms with Crippen LogP contribution in [0.25, 0.3) is 0 Å². The molecule has 0 bridgehead atoms. The topological polar surface area (TPSA) is 68.8 Å². The molecule has 0 amide bonds. The van der Waals surface area contributed by atoms with E-state index in [-0.39, 0.29) is 12.6 Å². The summed E-state index contributed by atoms with van der Waals surface area (Å²) in [4.78, 5) is 12.8. The third-order valence-electron chi connectivity index (χ3n) is 4.79. The molecule has 2 aromatic carbocycles. The van der Waals surface area contributed by atoms with Gasteiger partial charge in [-0.05, 0) is 49.2 Å². The van der Waals surface area contributed by atoms with Crippen molar-refractivity contribution in [3.05, 3.63) is 58.6 Å². The van der Waals surface area contributed by atoms with Crippen LogP contribution in [0.2, 0.25) is 0 Å². The lowest BCUT2D eigenvalue weighted by atomic mass is 10.0. The minimum absolute atomic E-state index is 0.106. The monoisotopic (exact) mass is 336 g/mol. The second-order valence-corrected chi connectivity index (χ2v) is 6.41. The van der Waals surface area contributed by atoms with Crippen LogP contribution in [0.4, 0.5) is 11.4 Å². The summed E-state index contributed by atoms with van der Waals surface area (Å²) < 4.78 is 16.6. The highest BCUT2D eigenvalue weighted by molar-refractivity contribution is 6.06. The van der Waals surface area contributed by atoms with E-state index in [9.17, 15) is 4.79 Å². The third-order valence-corrected chi connectivity index (χ3v) is 4.79. The molecule has 6 nitrogen and oxygen atoms in total. The average Bonchev–Trinajstić information content (AvgIpc) is 3.18. The number of ether oxygens (including phenoxy) is 3. The highest BCUT2D eigenvalue weighted by atomic mass is 16.7. The van der Waals surface area contributed by atoms with E-state index in [4.69, 9.17) is 14.2 Å². The quantitative estimate of drug-likeness (QED) is 0.832. The molecule has 1 atom stereocenters. The average molecular weight is 336 g/mol. The number of nitrogens with one attached hydrogen (secondary N) is 2. The molecule has 25 heavy (non-hydrogen) atoms. The summed E-state index contributed by atoms with van der Waals surface area (Å²) in [5.74, 6) is 1.67. The molecule has 0 saturated carbocycles. The first kappa shape index (κ1) is 14.2. The van der Waals surface area contributed by atoms with E-state index in [0.717, 1.165) is 22.5 Å². The summed E-state index contributed by atoms with van der Waals surface area (Å²) in [5.41, 5.74) is 5.32. The van der Waals surface area contributed by atoms with Crippen LogP contribution in [0.5, 0.6) is 11.5 Å². The van der Waals surface area contributed by atoms with E-state index in [0.29, 0.717) is 23.1 Å². The molecule has 0 unspecified atom stereocenters. The molecule has 0 aromatic heterocycles. The molecule has 6 heteroatoms. The van der Waals surface area contributed by atoms with Gasteiger partial charge in [0.1, 0.15) is 5.70 Å². The number of Topliss-reactive ketones (excluding diaryl/α,β-unsaturated/α-hetero) is 1. The fraction of sp³-hybridized carbons (Fsp3) is 0.211. The smallest absolute Gasteiger partial charge is 0.231 e. The molecule has 2 aromatic rings. The van der Waals surface area contributed by atoms with Gasteiger partial charge in [-0.15, -0.1) is 0 Å². The minimum atomic E-state index is -0.698. The SMILES string of the molecule is Cc1cc2c(cc1C)NC1=C(N2)O[C@H](c2ccc3c(c2)OCO3)C1=O. The van der Waals surface area contributed by atoms with Crippen LogP contribution in [0, 0.1) is 13.8 Å². The summed E-state index contributed by atoms with van der Waals surface area (Å²) in [6, 6.07) is 9.50. The van der Waals surface area contributed by atoms with Gasteiger partial charge in [-0.25, -0.2) is 0 Å². The van der Waals surface area contributed by atoms with E-state index >= 15 is 0 Å². The van der Waals surface area contributed by atoms with Crippen molar-refractivity contribution in [2.75, 3.05) is 17.4 Å². The van der Waals surface area contributed by atoms with Crippen LogP contribution >= 0.6 is 0 Å². The zero-order chi connectivity index (χ0) is 17.1. The Labute approximate surface area is 144 Å². The fourth-order valence-corrected chi connectivity index (χ4v) is 3.26. The Kier molecular flexibility index (Phi) is 2.80. The van der Waals surface area contributed by atoms with Gasteiger partial charge in [-0.1, -0.05) is 6.07 Å². The maximum Gasteiger partial charge on any atom is 0.231 e. The number of carbonyl (C=O) groups excluding carboxylic acids is 1. The number of benzene rings is 2. The van der Waals surface area contributed by atoms with Crippen molar-refractivity contribution < 1.29 is 19.0 Å². The van der Waals surface area contributed by atoms with Crippen LogP contribution in [0.1, 0.15) is 22.8 Å². The molecule has 0 radical (unpaired) electrons. The molecular formula is C19H16N2O4. The van der Waals surface area contributed by atoms with Crippen molar-refractivity contribution in [1.29, 1.82) is 0 Å². The number of fused-ring (bicyclic) bond motifs is 2. The zero-order valence-electron chi connectivity index (χ0n) is 13.8. The Morgan fingerprint density at radius 2 is 1.68 bits per heavy atom. The first-order valence-corrected chi connectivity index (χ1v) is 8.10. The highest BCUT2D eigenvalue weighted by Gasteiger charge is 2.39. The normalized spacial score (nSPS) is 19.8. The van der Waals surface area contributed by atoms with Gasteiger partial charge in [0.2, 0.25) is 18.5 Å². The Hall–Kier alpha value is -3.15. The summed E-state index contributed by atoms with van der Waals surface area (Å²) >= 11 is 0. The van der Waals surface area contributed by atoms with Crippen LogP contribution < -0.4 is 20.1 Å². The van der Waals surface area contributed by atoms with Gasteiger partial charge in [0.15, 0.2) is 17.6 Å². The molecular weight excluding hydrogens is 320 g/mol. The van der Waals surface area contributed by atoms with E-state index in [1.54, 1.807) is 12.1 Å². The Balaban J connectivity index is 1.47. The number of hydrogen-bond donors (Lipinski definition) is 2. The molecule has 0 spiro atoms. The lowest BCUT2D eigenvalue weighted by molar-refractivity contribution is -0.121. The van der Waals surface area contributed by atoms with Gasteiger partial charge in [0, 0.05) is 5.56 Å². The van der Waals surface area contributed by atoms with E-state index in [1.807, 2.05) is 25.1 Å². The van der Waals surface area contributed by atoms with E-state index in [1.165, 1.54) is 5.56 Å². The fourth-order valence-electron chi connectivity index (χ4n) is 3.26. The van der Waals surface area contributed by atoms with Gasteiger partial charge < -0.3 is 24.8 Å². The Morgan fingerprint density at radius 3 is 2.48 bits per heavy atom. The van der Waals surface area contributed by atoms with Crippen molar-refractivity contribution in [3.8, 4) is 11.5 Å². The van der Waals surface area contributed by atoms with Gasteiger partial charge in [-0.2, -0.15) is 0 Å². The standard InChI is InChI=1S/C19H16N2O4/c1-9-5-12-13(6-10(9)2)21-19-16(20-12)17(22)18(25-19)11-3-4-14-15(7-11)24-8-23-14/h3-7,18,20-21H,8H2,1-2H3/t18-/m1/s1. The predicted molar refractivity (Wildman–Crippen MR) is 91.6 cm³/mol. The van der Waals surface area contributed by atoms with Gasteiger partial charge in [-0.3, -0.25) is 4.79 Å². The molecule has 3 heterocycles. The summed E-state index contributed by atoms with van der Waals surface area (Å²) in [6.45, 7) is 4.30. The first-order valence-electron chi connectivity index (χ1n) is 8.10. The molecule has 2 N–H and O–H groups in total. The van der Waals surface area contributed by atoms with Crippen LogP contribution in [-0.4, -0.2) is 12.6 Å². The van der Waals surface area contributed by atoms with Crippen LogP contribution in [0.15, 0.2) is 41.9 Å². The van der Waals surface area contributed by atoms with Crippen molar-refractivity contribution in [2.24, 2.45) is 0 Å². The number of carbonyl (C=O) groups is 1. The maximum atomic E-state index is 12.8. The predicted octanol–water partition coefficient (Wildman–Crippen LogP) is 3.38. The molecule has 126 valence electrons. The summed E-state index contributed by atoms with van der Waals surface area (Å²) in [6.07, 6.45) is -0.698. The Bertz CT molecular complexity index is 964. The maximum absolute atomic E-state index is 12.8. The first-order chi connectivity index (χ1) is 12.1. The van der Waals surface area contributed by atoms with Crippen molar-refractivity contribution in [1.82, 2.24) is 0 Å². The molecule has 3 aliphatic heterocycles. The van der Waals surface area contributed by atoms with Crippen molar-refractivity contribution in [2.45, 2.75) is 20.0 Å². The van der Waals surface area contributed by atoms with Gasteiger partial charge in [0.25, 0.3) is 0 Å². The van der Waals surface area contributed by atoms with Gasteiger partial charge >= 0.3 is 0 Å². The molecule has 3 aliphatic rings. The molecule has 0 aliphatic carbocycles. The number of rotatable bonds is 1. The van der Waals surface area contributed by atoms with E-state index < -0.39 is 6.10 Å². The summed E-state index contributed by atoms with van der Waals surface area (Å²) in [5, 5.41) is 6.44. The number of hydrogen-bond acceptors (Lipinski definition) is 6. The summed E-state index contributed by atoms with van der Waals surface area (Å²) in [7, 11) is 0. The number of ketones is 1. The Morgan fingerprint density at radius 1 is 0.960 bits per heavy atom. The number of aryl methyl sites for hydroxylation is 2. The van der Waals surface area contributed by atoms with Gasteiger partial charge in [0.05, 0.1) is 11.4 Å². The lowest BCUT2D eigenvalue weighted by Gasteiger charge is -2.21. The van der Waals surface area contributed by atoms with Crippen molar-refractivity contribution in [3.63, 3.8) is 0 Å². The largest absolute Gasteiger partial charge is 0.461 e. The second-order valence-electron chi connectivity index (χ2n) is 6.41. The molecule has 5 rings (SSSR count). The highest BCUT2D eigenvalue weighted by Crippen LogP contribution is 2.42. The minimum Gasteiger partial charge on any atom is -0.461 e. The molecule has 0 saturated heterocycles. The van der Waals surface area contributed by atoms with E-state index in [2.05, 4.69) is 17.6 Å². The molecule has 0 fully saturated rings. The lowest BCUT2D eigenvalue weighted by Crippen LogP contribution is -2.18. The zero-order valence-corrected chi connectivity index (χ0v) is 13.8.